The van der Waals surface area contributed by atoms with E-state index < -0.39 is 0 Å². The maximum atomic E-state index is 5.46. The third-order valence-corrected chi connectivity index (χ3v) is 4.47. The summed E-state index contributed by atoms with van der Waals surface area (Å²) in [5.41, 5.74) is 0. The molecule has 2 saturated carbocycles. The van der Waals surface area contributed by atoms with Crippen LogP contribution in [-0.4, -0.2) is 29.6 Å². The first-order chi connectivity index (χ1) is 7.75. The largest absolute Gasteiger partial charge is 0.360 e. The van der Waals surface area contributed by atoms with Crippen LogP contribution in [0.5, 0.6) is 0 Å². The Labute approximate surface area is 105 Å². The molecule has 0 spiro atoms. The number of nitrogens with one attached hydrogen (secondary N) is 1. The van der Waals surface area contributed by atoms with Crippen LogP contribution >= 0.6 is 12.2 Å². The average molecular weight is 240 g/mol. The highest BCUT2D eigenvalue weighted by Crippen LogP contribution is 2.26. The predicted molar refractivity (Wildman–Crippen MR) is 72.6 cm³/mol. The average Bonchev–Trinajstić information content (AvgIpc) is 2.24. The first-order valence-corrected chi connectivity index (χ1v) is 7.18. The lowest BCUT2D eigenvalue weighted by atomic mass is 9.85. The monoisotopic (exact) mass is 240 g/mol. The Morgan fingerprint density at radius 2 is 1.81 bits per heavy atom. The number of nitrogens with zero attached hydrogens (tertiary/aromatic N) is 1. The van der Waals surface area contributed by atoms with Crippen LogP contribution in [0.3, 0.4) is 0 Å². The van der Waals surface area contributed by atoms with E-state index in [1.54, 1.807) is 0 Å². The molecule has 3 heteroatoms. The summed E-state index contributed by atoms with van der Waals surface area (Å²) in [6, 6.07) is 0.644. The minimum absolute atomic E-state index is 0.644. The van der Waals surface area contributed by atoms with Gasteiger partial charge in [0.05, 0.1) is 0 Å². The van der Waals surface area contributed by atoms with Crippen molar-refractivity contribution < 1.29 is 0 Å². The molecule has 16 heavy (non-hydrogen) atoms. The van der Waals surface area contributed by atoms with Gasteiger partial charge in [0.2, 0.25) is 0 Å². The van der Waals surface area contributed by atoms with E-state index in [2.05, 4.69) is 17.3 Å². The fourth-order valence-corrected chi connectivity index (χ4v) is 2.92. The summed E-state index contributed by atoms with van der Waals surface area (Å²) in [5.74, 6) is 0.899. The van der Waals surface area contributed by atoms with E-state index in [9.17, 15) is 0 Å². The minimum Gasteiger partial charge on any atom is -0.360 e. The normalized spacial score (nSPS) is 22.6. The Kier molecular flexibility index (Phi) is 4.45. The first kappa shape index (κ1) is 12.2. The van der Waals surface area contributed by atoms with Crippen molar-refractivity contribution in [3.05, 3.63) is 0 Å². The second kappa shape index (κ2) is 5.85. The zero-order chi connectivity index (χ0) is 11.4. The van der Waals surface area contributed by atoms with Crippen LogP contribution < -0.4 is 5.32 Å². The molecule has 0 aliphatic heterocycles. The second-order valence-corrected chi connectivity index (χ2v) is 5.85. The molecule has 0 aromatic heterocycles. The van der Waals surface area contributed by atoms with Gasteiger partial charge >= 0.3 is 0 Å². The predicted octanol–water partition coefficient (Wildman–Crippen LogP) is 2.93. The van der Waals surface area contributed by atoms with Gasteiger partial charge < -0.3 is 10.2 Å². The third kappa shape index (κ3) is 3.34. The second-order valence-electron chi connectivity index (χ2n) is 5.46. The molecule has 0 unspecified atom stereocenters. The standard InChI is InChI=1S/C13H24N2S/c1-15(10-11-6-5-7-11)13(16)14-12-8-3-2-4-9-12/h11-12H,2-10H2,1H3,(H,14,16). The molecule has 0 bridgehead atoms. The summed E-state index contributed by atoms with van der Waals surface area (Å²) < 4.78 is 0. The Balaban J connectivity index is 1.68. The molecule has 2 nitrogen and oxygen atoms in total. The molecular weight excluding hydrogens is 216 g/mol. The lowest BCUT2D eigenvalue weighted by Crippen LogP contribution is -2.45. The maximum Gasteiger partial charge on any atom is 0.168 e. The molecule has 92 valence electrons. The van der Waals surface area contributed by atoms with E-state index in [1.807, 2.05) is 0 Å². The molecule has 0 amide bonds. The Hall–Kier alpha value is -0.310. The van der Waals surface area contributed by atoms with Gasteiger partial charge in [0.25, 0.3) is 0 Å². The molecule has 2 fully saturated rings. The SMILES string of the molecule is CN(CC1CCC1)C(=S)NC1CCCCC1. The highest BCUT2D eigenvalue weighted by molar-refractivity contribution is 7.80. The number of rotatable bonds is 3. The molecule has 2 rings (SSSR count). The van der Waals surface area contributed by atoms with Gasteiger partial charge in [-0.3, -0.25) is 0 Å². The summed E-state index contributed by atoms with van der Waals surface area (Å²) in [6.45, 7) is 1.15. The van der Waals surface area contributed by atoms with Crippen molar-refractivity contribution in [2.24, 2.45) is 5.92 Å². The lowest BCUT2D eigenvalue weighted by Gasteiger charge is -2.33. The van der Waals surface area contributed by atoms with E-state index in [4.69, 9.17) is 12.2 Å². The highest BCUT2D eigenvalue weighted by Gasteiger charge is 2.21. The molecule has 0 radical (unpaired) electrons. The van der Waals surface area contributed by atoms with Gasteiger partial charge in [-0.1, -0.05) is 25.7 Å². The van der Waals surface area contributed by atoms with Gasteiger partial charge in [-0.05, 0) is 43.8 Å². The molecule has 2 aliphatic carbocycles. The quantitative estimate of drug-likeness (QED) is 0.764. The van der Waals surface area contributed by atoms with Crippen LogP contribution in [0.4, 0.5) is 0 Å². The van der Waals surface area contributed by atoms with Gasteiger partial charge in [0.15, 0.2) is 5.11 Å². The summed E-state index contributed by atoms with van der Waals surface area (Å²) in [7, 11) is 2.14. The van der Waals surface area contributed by atoms with Crippen LogP contribution in [0.1, 0.15) is 51.4 Å². The number of hydrogen-bond acceptors (Lipinski definition) is 1. The van der Waals surface area contributed by atoms with Crippen molar-refractivity contribution in [2.75, 3.05) is 13.6 Å². The van der Waals surface area contributed by atoms with Gasteiger partial charge in [-0.25, -0.2) is 0 Å². The highest BCUT2D eigenvalue weighted by atomic mass is 32.1. The summed E-state index contributed by atoms with van der Waals surface area (Å²) in [5, 5.41) is 4.50. The van der Waals surface area contributed by atoms with Crippen molar-refractivity contribution >= 4 is 17.3 Å². The molecule has 0 atom stereocenters. The van der Waals surface area contributed by atoms with Crippen molar-refractivity contribution in [1.82, 2.24) is 10.2 Å². The zero-order valence-electron chi connectivity index (χ0n) is 10.4. The van der Waals surface area contributed by atoms with Gasteiger partial charge in [-0.2, -0.15) is 0 Å². The van der Waals surface area contributed by atoms with Gasteiger partial charge in [0.1, 0.15) is 0 Å². The molecule has 0 saturated heterocycles. The van der Waals surface area contributed by atoms with E-state index >= 15 is 0 Å². The van der Waals surface area contributed by atoms with Crippen LogP contribution in [0.2, 0.25) is 0 Å². The fourth-order valence-electron chi connectivity index (χ4n) is 2.68. The van der Waals surface area contributed by atoms with Crippen LogP contribution in [-0.2, 0) is 0 Å². The number of thiocarbonyl (C=S) groups is 1. The Bertz CT molecular complexity index is 232. The molecule has 1 N–H and O–H groups in total. The van der Waals surface area contributed by atoms with Crippen molar-refractivity contribution in [1.29, 1.82) is 0 Å². The smallest absolute Gasteiger partial charge is 0.168 e. The van der Waals surface area contributed by atoms with E-state index in [-0.39, 0.29) is 0 Å². The number of hydrogen-bond donors (Lipinski definition) is 1. The van der Waals surface area contributed by atoms with Crippen molar-refractivity contribution in [2.45, 2.75) is 57.4 Å². The van der Waals surface area contributed by atoms with Crippen molar-refractivity contribution in [3.8, 4) is 0 Å². The van der Waals surface area contributed by atoms with Crippen LogP contribution in [0.25, 0.3) is 0 Å². The summed E-state index contributed by atoms with van der Waals surface area (Å²) in [4.78, 5) is 2.24. The van der Waals surface area contributed by atoms with Gasteiger partial charge in [-0.15, -0.1) is 0 Å². The molecule has 0 aromatic carbocycles. The summed E-state index contributed by atoms with van der Waals surface area (Å²) >= 11 is 5.46. The van der Waals surface area contributed by atoms with Crippen molar-refractivity contribution in [3.63, 3.8) is 0 Å². The topological polar surface area (TPSA) is 15.3 Å². The molecule has 2 aliphatic rings. The summed E-state index contributed by atoms with van der Waals surface area (Å²) in [6.07, 6.45) is 11.0. The first-order valence-electron chi connectivity index (χ1n) is 6.77. The van der Waals surface area contributed by atoms with Crippen LogP contribution in [0, 0.1) is 5.92 Å². The minimum atomic E-state index is 0.644. The Morgan fingerprint density at radius 1 is 1.12 bits per heavy atom. The Morgan fingerprint density at radius 3 is 2.38 bits per heavy atom. The van der Waals surface area contributed by atoms with E-state index in [0.29, 0.717) is 6.04 Å². The molecule has 0 aromatic rings. The zero-order valence-corrected chi connectivity index (χ0v) is 11.2. The molecule has 0 heterocycles. The maximum absolute atomic E-state index is 5.46. The molecular formula is C13H24N2S. The van der Waals surface area contributed by atoms with Gasteiger partial charge in [0, 0.05) is 19.6 Å². The fraction of sp³-hybridized carbons (Fsp3) is 0.923. The van der Waals surface area contributed by atoms with Crippen LogP contribution in [0.15, 0.2) is 0 Å². The lowest BCUT2D eigenvalue weighted by molar-refractivity contribution is 0.255. The third-order valence-electron chi connectivity index (χ3n) is 4.04. The van der Waals surface area contributed by atoms with E-state index in [1.165, 1.54) is 51.4 Å². The van der Waals surface area contributed by atoms with E-state index in [0.717, 1.165) is 17.6 Å².